The molecule has 0 unspecified atom stereocenters. The lowest BCUT2D eigenvalue weighted by Gasteiger charge is -2.25. The maximum atomic E-state index is 12.3. The summed E-state index contributed by atoms with van der Waals surface area (Å²) in [5.41, 5.74) is 1.72. The van der Waals surface area contributed by atoms with Crippen LogP contribution in [0.3, 0.4) is 0 Å². The Morgan fingerprint density at radius 3 is 2.82 bits per heavy atom. The first kappa shape index (κ1) is 20.0. The van der Waals surface area contributed by atoms with Crippen LogP contribution in [0.4, 0.5) is 5.82 Å². The van der Waals surface area contributed by atoms with Crippen molar-refractivity contribution in [3.63, 3.8) is 0 Å². The van der Waals surface area contributed by atoms with Crippen molar-refractivity contribution in [3.05, 3.63) is 60.5 Å². The van der Waals surface area contributed by atoms with E-state index in [0.29, 0.717) is 18.7 Å². The van der Waals surface area contributed by atoms with Crippen LogP contribution in [0.15, 0.2) is 65.6 Å². The van der Waals surface area contributed by atoms with Gasteiger partial charge in [0.15, 0.2) is 5.82 Å². The standard InChI is InChI=1S/C22H28N4O2/c1-3-17(8-9-18(4-2)28-19-12-15-23-16-13-19)20-10-11-22(27)26(25-20)21-7-5-6-14-24-21/h3,5-9,14,19,23H,1,4,10-13,15-16H2,2H3/b17-8+,18-9+. The molecule has 1 fully saturated rings. The summed E-state index contributed by atoms with van der Waals surface area (Å²) in [5.74, 6) is 1.44. The second-order valence-corrected chi connectivity index (χ2v) is 6.82. The third-order valence-corrected chi connectivity index (χ3v) is 4.85. The van der Waals surface area contributed by atoms with E-state index in [1.165, 1.54) is 5.01 Å². The number of anilines is 1. The van der Waals surface area contributed by atoms with E-state index in [-0.39, 0.29) is 12.0 Å². The number of allylic oxidation sites excluding steroid dienone is 5. The van der Waals surface area contributed by atoms with Crippen molar-refractivity contribution < 1.29 is 9.53 Å². The smallest absolute Gasteiger partial charge is 0.249 e. The third kappa shape index (κ3) is 5.16. The van der Waals surface area contributed by atoms with Gasteiger partial charge in [-0.2, -0.15) is 10.1 Å². The largest absolute Gasteiger partial charge is 0.495 e. The molecular formula is C22H28N4O2. The minimum Gasteiger partial charge on any atom is -0.495 e. The van der Waals surface area contributed by atoms with Crippen molar-refractivity contribution in [2.24, 2.45) is 5.10 Å². The van der Waals surface area contributed by atoms with Gasteiger partial charge in [-0.05, 0) is 55.8 Å². The lowest BCUT2D eigenvalue weighted by atomic mass is 10.0. The normalized spacial score (nSPS) is 19.4. The Balaban J connectivity index is 1.78. The fourth-order valence-corrected chi connectivity index (χ4v) is 3.25. The molecule has 1 amide bonds. The number of hydrogen-bond acceptors (Lipinski definition) is 5. The molecule has 1 aromatic rings. The highest BCUT2D eigenvalue weighted by Crippen LogP contribution is 2.21. The fraction of sp³-hybridized carbons (Fsp3) is 0.409. The molecule has 3 rings (SSSR count). The zero-order valence-corrected chi connectivity index (χ0v) is 16.4. The van der Waals surface area contributed by atoms with Gasteiger partial charge in [0, 0.05) is 25.5 Å². The third-order valence-electron chi connectivity index (χ3n) is 4.85. The van der Waals surface area contributed by atoms with Gasteiger partial charge in [-0.1, -0.05) is 25.6 Å². The molecule has 1 aromatic heterocycles. The molecule has 0 atom stereocenters. The molecule has 6 heteroatoms. The second kappa shape index (κ2) is 9.99. The number of hydrogen-bond donors (Lipinski definition) is 1. The number of carbonyl (C=O) groups is 1. The molecule has 1 saturated heterocycles. The SMILES string of the molecule is C=C/C(=C\C=C(/CC)OC1CCNCC1)C1=NN(c2ccccn2)C(=O)CC1. The minimum atomic E-state index is -0.0510. The molecule has 3 heterocycles. The van der Waals surface area contributed by atoms with Crippen molar-refractivity contribution in [2.75, 3.05) is 18.1 Å². The number of rotatable bonds is 7. The highest BCUT2D eigenvalue weighted by molar-refractivity contribution is 6.09. The van der Waals surface area contributed by atoms with Crippen molar-refractivity contribution in [1.82, 2.24) is 10.3 Å². The van der Waals surface area contributed by atoms with Crippen molar-refractivity contribution in [2.45, 2.75) is 45.1 Å². The molecule has 0 bridgehead atoms. The Labute approximate surface area is 166 Å². The van der Waals surface area contributed by atoms with Gasteiger partial charge in [-0.3, -0.25) is 4.79 Å². The number of ether oxygens (including phenoxy) is 1. The number of nitrogens with one attached hydrogen (secondary N) is 1. The molecular weight excluding hydrogens is 352 g/mol. The van der Waals surface area contributed by atoms with Crippen LogP contribution in [-0.2, 0) is 9.53 Å². The van der Waals surface area contributed by atoms with Crippen LogP contribution < -0.4 is 10.3 Å². The molecule has 148 valence electrons. The Morgan fingerprint density at radius 1 is 1.32 bits per heavy atom. The van der Waals surface area contributed by atoms with Crippen LogP contribution in [0, 0.1) is 0 Å². The zero-order chi connectivity index (χ0) is 19.8. The van der Waals surface area contributed by atoms with E-state index in [2.05, 4.69) is 28.9 Å². The number of nitrogens with zero attached hydrogens (tertiary/aromatic N) is 3. The van der Waals surface area contributed by atoms with Crippen LogP contribution in [0.5, 0.6) is 0 Å². The van der Waals surface area contributed by atoms with Crippen molar-refractivity contribution >= 4 is 17.4 Å². The van der Waals surface area contributed by atoms with Crippen LogP contribution >= 0.6 is 0 Å². The summed E-state index contributed by atoms with van der Waals surface area (Å²) >= 11 is 0. The molecule has 6 nitrogen and oxygen atoms in total. The second-order valence-electron chi connectivity index (χ2n) is 6.82. The van der Waals surface area contributed by atoms with Gasteiger partial charge in [0.05, 0.1) is 11.5 Å². The predicted octanol–water partition coefficient (Wildman–Crippen LogP) is 3.74. The molecule has 0 spiro atoms. The molecule has 0 aliphatic carbocycles. The van der Waals surface area contributed by atoms with Crippen LogP contribution in [-0.4, -0.2) is 35.8 Å². The molecule has 2 aliphatic rings. The Morgan fingerprint density at radius 2 is 2.14 bits per heavy atom. The van der Waals surface area contributed by atoms with Crippen molar-refractivity contribution in [3.8, 4) is 0 Å². The van der Waals surface area contributed by atoms with E-state index < -0.39 is 0 Å². The zero-order valence-electron chi connectivity index (χ0n) is 16.4. The Hall–Kier alpha value is -2.73. The number of hydrazone groups is 1. The average Bonchev–Trinajstić information content (AvgIpc) is 2.75. The summed E-state index contributed by atoms with van der Waals surface area (Å²) < 4.78 is 6.16. The maximum Gasteiger partial charge on any atom is 0.249 e. The number of pyridine rings is 1. The summed E-state index contributed by atoms with van der Waals surface area (Å²) in [6.45, 7) is 8.02. The summed E-state index contributed by atoms with van der Waals surface area (Å²) in [6.07, 6.45) is 11.6. The summed E-state index contributed by atoms with van der Waals surface area (Å²) in [7, 11) is 0. The minimum absolute atomic E-state index is 0.0510. The number of aromatic nitrogens is 1. The molecule has 0 radical (unpaired) electrons. The highest BCUT2D eigenvalue weighted by Gasteiger charge is 2.23. The molecule has 0 saturated carbocycles. The van der Waals surface area contributed by atoms with Crippen LogP contribution in [0.1, 0.15) is 39.0 Å². The van der Waals surface area contributed by atoms with Crippen LogP contribution in [0.2, 0.25) is 0 Å². The number of piperidine rings is 1. The first-order valence-electron chi connectivity index (χ1n) is 9.93. The lowest BCUT2D eigenvalue weighted by Crippen LogP contribution is -2.32. The Kier molecular flexibility index (Phi) is 7.14. The molecule has 0 aromatic carbocycles. The van der Waals surface area contributed by atoms with Gasteiger partial charge >= 0.3 is 0 Å². The van der Waals surface area contributed by atoms with E-state index >= 15 is 0 Å². The fourth-order valence-electron chi connectivity index (χ4n) is 3.25. The molecule has 28 heavy (non-hydrogen) atoms. The van der Waals surface area contributed by atoms with Gasteiger partial charge in [0.1, 0.15) is 6.10 Å². The van der Waals surface area contributed by atoms with Gasteiger partial charge in [-0.25, -0.2) is 4.98 Å². The van der Waals surface area contributed by atoms with Gasteiger partial charge in [-0.15, -0.1) is 0 Å². The monoisotopic (exact) mass is 380 g/mol. The van der Waals surface area contributed by atoms with Crippen molar-refractivity contribution in [1.29, 1.82) is 0 Å². The number of carbonyl (C=O) groups excluding carboxylic acids is 1. The van der Waals surface area contributed by atoms with E-state index in [0.717, 1.165) is 49.4 Å². The maximum absolute atomic E-state index is 12.3. The quantitative estimate of drug-likeness (QED) is 0.578. The first-order chi connectivity index (χ1) is 13.7. The Bertz CT molecular complexity index is 777. The van der Waals surface area contributed by atoms with Gasteiger partial charge in [0.25, 0.3) is 0 Å². The van der Waals surface area contributed by atoms with E-state index in [1.807, 2.05) is 24.3 Å². The topological polar surface area (TPSA) is 66.8 Å². The van der Waals surface area contributed by atoms with Gasteiger partial charge in [0.2, 0.25) is 5.91 Å². The number of amides is 1. The van der Waals surface area contributed by atoms with Gasteiger partial charge < -0.3 is 10.1 Å². The summed E-state index contributed by atoms with van der Waals surface area (Å²) in [5, 5.41) is 9.28. The lowest BCUT2D eigenvalue weighted by molar-refractivity contribution is -0.118. The van der Waals surface area contributed by atoms with E-state index in [9.17, 15) is 4.79 Å². The summed E-state index contributed by atoms with van der Waals surface area (Å²) in [6, 6.07) is 5.44. The van der Waals surface area contributed by atoms with E-state index in [4.69, 9.17) is 4.74 Å². The highest BCUT2D eigenvalue weighted by atomic mass is 16.5. The molecule has 1 N–H and O–H groups in total. The summed E-state index contributed by atoms with van der Waals surface area (Å²) in [4.78, 5) is 16.5. The molecule has 2 aliphatic heterocycles. The predicted molar refractivity (Wildman–Crippen MR) is 112 cm³/mol. The van der Waals surface area contributed by atoms with E-state index in [1.54, 1.807) is 18.3 Å². The first-order valence-corrected chi connectivity index (χ1v) is 9.93. The van der Waals surface area contributed by atoms with Crippen LogP contribution in [0.25, 0.3) is 0 Å². The average molecular weight is 380 g/mol.